The summed E-state index contributed by atoms with van der Waals surface area (Å²) in [7, 11) is 0. The van der Waals surface area contributed by atoms with Crippen molar-refractivity contribution in [2.45, 2.75) is 30.3 Å². The first kappa shape index (κ1) is 10.6. The standard InChI is InChI=1S/C9H16N6O2/c10-7-13-6-4(3-16)12-8(11)15-2-1-5(17)9(6,15)14-7/h4-6,16-17H,1-3H2,(H5,10,11,12,13,14)/p+1/t4-,5+,6-,9+/m0/s1. The molecule has 3 aliphatic rings. The maximum Gasteiger partial charge on any atom is 0.345 e. The SMILES string of the molecule is NC1=N[C@H]2[C@H](CO)NC(N)=[N+]3CC[C@@H](O)[C@]23N1. The number of hydrogen-bond donors (Lipinski definition) is 6. The Balaban J connectivity index is 2.13. The van der Waals surface area contributed by atoms with Crippen LogP contribution in [0, 0.1) is 0 Å². The first-order valence-corrected chi connectivity index (χ1v) is 5.66. The number of rotatable bonds is 1. The Bertz CT molecular complexity index is 422. The van der Waals surface area contributed by atoms with Gasteiger partial charge >= 0.3 is 5.96 Å². The Labute approximate surface area is 98.0 Å². The quantitative estimate of drug-likeness (QED) is 0.259. The molecular weight excluding hydrogens is 224 g/mol. The topological polar surface area (TPSA) is 132 Å². The van der Waals surface area contributed by atoms with Crippen LogP contribution in [0.4, 0.5) is 0 Å². The van der Waals surface area contributed by atoms with Crippen molar-refractivity contribution < 1.29 is 14.8 Å². The van der Waals surface area contributed by atoms with E-state index in [1.54, 1.807) is 0 Å². The van der Waals surface area contributed by atoms with Gasteiger partial charge in [-0.25, -0.2) is 9.57 Å². The van der Waals surface area contributed by atoms with E-state index in [9.17, 15) is 10.2 Å². The molecule has 0 unspecified atom stereocenters. The number of hydrogen-bond acceptors (Lipinski definition) is 7. The summed E-state index contributed by atoms with van der Waals surface area (Å²) < 4.78 is 1.85. The van der Waals surface area contributed by atoms with Gasteiger partial charge in [-0.3, -0.25) is 11.1 Å². The second-order valence-electron chi connectivity index (χ2n) is 4.68. The lowest BCUT2D eigenvalue weighted by atomic mass is 9.89. The minimum Gasteiger partial charge on any atom is -0.393 e. The monoisotopic (exact) mass is 241 g/mol. The van der Waals surface area contributed by atoms with Gasteiger partial charge in [-0.2, -0.15) is 0 Å². The van der Waals surface area contributed by atoms with E-state index in [2.05, 4.69) is 15.6 Å². The maximum atomic E-state index is 10.2. The molecule has 1 spiro atoms. The summed E-state index contributed by atoms with van der Waals surface area (Å²) in [6.45, 7) is 0.511. The van der Waals surface area contributed by atoms with E-state index in [1.165, 1.54) is 0 Å². The zero-order valence-electron chi connectivity index (χ0n) is 9.30. The van der Waals surface area contributed by atoms with Gasteiger partial charge in [0.1, 0.15) is 18.2 Å². The van der Waals surface area contributed by atoms with Gasteiger partial charge in [-0.15, -0.1) is 0 Å². The molecule has 3 aliphatic heterocycles. The van der Waals surface area contributed by atoms with Crippen LogP contribution in [-0.4, -0.2) is 63.7 Å². The second kappa shape index (κ2) is 3.23. The third kappa shape index (κ3) is 1.14. The molecule has 0 radical (unpaired) electrons. The fourth-order valence-electron chi connectivity index (χ4n) is 3.11. The molecule has 8 N–H and O–H groups in total. The van der Waals surface area contributed by atoms with Crippen LogP contribution in [-0.2, 0) is 0 Å². The Morgan fingerprint density at radius 2 is 2.29 bits per heavy atom. The third-order valence-corrected chi connectivity index (χ3v) is 3.84. The van der Waals surface area contributed by atoms with Crippen molar-refractivity contribution in [3.63, 3.8) is 0 Å². The van der Waals surface area contributed by atoms with Gasteiger partial charge in [0, 0.05) is 6.42 Å². The average molecular weight is 241 g/mol. The molecule has 8 nitrogen and oxygen atoms in total. The fourth-order valence-corrected chi connectivity index (χ4v) is 3.11. The highest BCUT2D eigenvalue weighted by atomic mass is 16.3. The lowest BCUT2D eigenvalue weighted by molar-refractivity contribution is -0.607. The lowest BCUT2D eigenvalue weighted by Crippen LogP contribution is -2.74. The van der Waals surface area contributed by atoms with Crippen molar-refractivity contribution in [1.82, 2.24) is 10.6 Å². The number of guanidine groups is 2. The van der Waals surface area contributed by atoms with Crippen LogP contribution in [0.15, 0.2) is 4.99 Å². The molecule has 0 saturated carbocycles. The van der Waals surface area contributed by atoms with Gasteiger partial charge < -0.3 is 21.3 Å². The van der Waals surface area contributed by atoms with Crippen molar-refractivity contribution in [1.29, 1.82) is 0 Å². The largest absolute Gasteiger partial charge is 0.393 e. The van der Waals surface area contributed by atoms with Crippen LogP contribution in [0.25, 0.3) is 0 Å². The zero-order valence-corrected chi connectivity index (χ0v) is 9.30. The molecule has 94 valence electrons. The van der Waals surface area contributed by atoms with Gasteiger partial charge in [-0.05, 0) is 0 Å². The number of aliphatic hydroxyl groups is 2. The molecule has 0 bridgehead atoms. The fraction of sp³-hybridized carbons (Fsp3) is 0.778. The zero-order chi connectivity index (χ0) is 12.2. The number of nitrogens with zero attached hydrogens (tertiary/aromatic N) is 2. The molecule has 3 rings (SSSR count). The minimum atomic E-state index is -0.799. The summed E-state index contributed by atoms with van der Waals surface area (Å²) in [5, 5.41) is 25.6. The molecular formula is C9H17N6O2+. The second-order valence-corrected chi connectivity index (χ2v) is 4.68. The van der Waals surface area contributed by atoms with E-state index in [-0.39, 0.29) is 24.7 Å². The van der Waals surface area contributed by atoms with Gasteiger partial charge in [-0.1, -0.05) is 0 Å². The average Bonchev–Trinajstić information content (AvgIpc) is 2.80. The molecule has 0 aliphatic carbocycles. The molecule has 4 atom stereocenters. The van der Waals surface area contributed by atoms with Gasteiger partial charge in [0.15, 0.2) is 5.96 Å². The van der Waals surface area contributed by atoms with Crippen molar-refractivity contribution in [2.24, 2.45) is 16.5 Å². The highest BCUT2D eigenvalue weighted by Gasteiger charge is 2.63. The van der Waals surface area contributed by atoms with Gasteiger partial charge in [0.05, 0.1) is 13.2 Å². The van der Waals surface area contributed by atoms with E-state index in [1.807, 2.05) is 4.58 Å². The van der Waals surface area contributed by atoms with Gasteiger partial charge in [0.25, 0.3) is 0 Å². The van der Waals surface area contributed by atoms with Crippen molar-refractivity contribution in [2.75, 3.05) is 13.2 Å². The van der Waals surface area contributed by atoms with Crippen LogP contribution < -0.4 is 22.1 Å². The Hall–Kier alpha value is -1.54. The highest BCUT2D eigenvalue weighted by Crippen LogP contribution is 2.35. The van der Waals surface area contributed by atoms with Crippen LogP contribution in [0.3, 0.4) is 0 Å². The minimum absolute atomic E-state index is 0.119. The summed E-state index contributed by atoms with van der Waals surface area (Å²) >= 11 is 0. The maximum absolute atomic E-state index is 10.2. The van der Waals surface area contributed by atoms with E-state index < -0.39 is 11.8 Å². The normalized spacial score (nSPS) is 43.6. The van der Waals surface area contributed by atoms with E-state index in [0.717, 1.165) is 0 Å². The molecule has 0 aromatic heterocycles. The number of nitrogens with two attached hydrogens (primary N) is 2. The van der Waals surface area contributed by atoms with Crippen molar-refractivity contribution >= 4 is 11.9 Å². The number of aliphatic hydroxyl groups excluding tert-OH is 2. The molecule has 0 aromatic carbocycles. The van der Waals surface area contributed by atoms with Crippen molar-refractivity contribution in [3.05, 3.63) is 0 Å². The Morgan fingerprint density at radius 3 is 3.00 bits per heavy atom. The van der Waals surface area contributed by atoms with E-state index in [0.29, 0.717) is 18.9 Å². The summed E-state index contributed by atoms with van der Waals surface area (Å²) in [4.78, 5) is 4.27. The van der Waals surface area contributed by atoms with Crippen LogP contribution >= 0.6 is 0 Å². The number of nitrogens with one attached hydrogen (secondary N) is 2. The lowest BCUT2D eigenvalue weighted by Gasteiger charge is -2.39. The van der Waals surface area contributed by atoms with Gasteiger partial charge in [0.2, 0.25) is 5.66 Å². The first-order valence-electron chi connectivity index (χ1n) is 5.66. The summed E-state index contributed by atoms with van der Waals surface area (Å²) in [6, 6.07) is -0.690. The number of aliphatic imine (C=N–C) groups is 1. The Kier molecular flexibility index (Phi) is 2.02. The molecule has 17 heavy (non-hydrogen) atoms. The van der Waals surface area contributed by atoms with E-state index >= 15 is 0 Å². The van der Waals surface area contributed by atoms with Crippen LogP contribution in [0.1, 0.15) is 6.42 Å². The Morgan fingerprint density at radius 1 is 1.53 bits per heavy atom. The summed E-state index contributed by atoms with van der Waals surface area (Å²) in [6.07, 6.45) is -0.0284. The predicted octanol–water partition coefficient (Wildman–Crippen LogP) is -3.97. The highest BCUT2D eigenvalue weighted by molar-refractivity contribution is 5.83. The van der Waals surface area contributed by atoms with E-state index in [4.69, 9.17) is 11.5 Å². The summed E-state index contributed by atoms with van der Waals surface area (Å²) in [5.74, 6) is 0.713. The predicted molar refractivity (Wildman–Crippen MR) is 60.2 cm³/mol. The van der Waals surface area contributed by atoms with Crippen LogP contribution in [0.2, 0.25) is 0 Å². The smallest absolute Gasteiger partial charge is 0.345 e. The van der Waals surface area contributed by atoms with Crippen molar-refractivity contribution in [3.8, 4) is 0 Å². The third-order valence-electron chi connectivity index (χ3n) is 3.84. The first-order chi connectivity index (χ1) is 8.09. The molecule has 0 aromatic rings. The molecule has 0 amide bonds. The summed E-state index contributed by atoms with van der Waals surface area (Å²) in [5.41, 5.74) is 10.8. The molecule has 1 saturated heterocycles. The molecule has 1 fully saturated rings. The van der Waals surface area contributed by atoms with Crippen LogP contribution in [0.5, 0.6) is 0 Å². The molecule has 3 heterocycles. The molecule has 8 heteroatoms.